The molecule has 0 atom stereocenters. The van der Waals surface area contributed by atoms with Crippen LogP contribution in [-0.2, 0) is 9.53 Å². The maximum atomic E-state index is 12.3. The van der Waals surface area contributed by atoms with E-state index < -0.39 is 12.0 Å². The highest BCUT2D eigenvalue weighted by atomic mass is 35.5. The Morgan fingerprint density at radius 2 is 1.96 bits per heavy atom. The van der Waals surface area contributed by atoms with Crippen LogP contribution < -0.4 is 5.32 Å². The fourth-order valence-corrected chi connectivity index (χ4v) is 2.60. The van der Waals surface area contributed by atoms with Crippen molar-refractivity contribution in [1.29, 1.82) is 5.26 Å². The monoisotopic (exact) mass is 382 g/mol. The van der Waals surface area contributed by atoms with E-state index in [2.05, 4.69) is 10.1 Å². The lowest BCUT2D eigenvalue weighted by molar-refractivity contribution is -0.112. The van der Waals surface area contributed by atoms with Crippen LogP contribution in [0.15, 0.2) is 30.0 Å². The SMILES string of the molecule is COC(=O)N1CCN(/C=C(/C#N)C(=O)Nc2cc(Cl)ccc2Cl)CC1. The lowest BCUT2D eigenvalue weighted by Gasteiger charge is -2.33. The molecule has 0 unspecified atom stereocenters. The van der Waals surface area contributed by atoms with Gasteiger partial charge < -0.3 is 19.9 Å². The summed E-state index contributed by atoms with van der Waals surface area (Å²) in [5.41, 5.74) is 0.262. The molecule has 1 heterocycles. The van der Waals surface area contributed by atoms with E-state index >= 15 is 0 Å². The summed E-state index contributed by atoms with van der Waals surface area (Å²) in [5, 5.41) is 12.6. The Morgan fingerprint density at radius 3 is 2.56 bits per heavy atom. The molecule has 0 bridgehead atoms. The Balaban J connectivity index is 2.03. The quantitative estimate of drug-likeness (QED) is 0.641. The number of ether oxygens (including phenoxy) is 1. The molecule has 1 fully saturated rings. The topological polar surface area (TPSA) is 85.7 Å². The van der Waals surface area contributed by atoms with Crippen molar-refractivity contribution < 1.29 is 14.3 Å². The lowest BCUT2D eigenvalue weighted by atomic mass is 10.2. The predicted molar refractivity (Wildman–Crippen MR) is 94.3 cm³/mol. The van der Waals surface area contributed by atoms with Crippen molar-refractivity contribution in [2.24, 2.45) is 0 Å². The van der Waals surface area contributed by atoms with Gasteiger partial charge >= 0.3 is 6.09 Å². The van der Waals surface area contributed by atoms with Crippen LogP contribution in [0.1, 0.15) is 0 Å². The van der Waals surface area contributed by atoms with E-state index in [0.29, 0.717) is 41.9 Å². The van der Waals surface area contributed by atoms with Crippen LogP contribution in [0.25, 0.3) is 0 Å². The summed E-state index contributed by atoms with van der Waals surface area (Å²) >= 11 is 11.9. The second-order valence-electron chi connectivity index (χ2n) is 5.23. The standard InChI is InChI=1S/C16H16Cl2N4O3/c1-25-16(24)22-6-4-21(5-7-22)10-11(9-19)15(23)20-14-8-12(17)2-3-13(14)18/h2-3,8,10H,4-7H2,1H3,(H,20,23)/b11-10-. The van der Waals surface area contributed by atoms with Gasteiger partial charge in [-0.3, -0.25) is 4.79 Å². The number of hydrogen-bond acceptors (Lipinski definition) is 5. The molecule has 7 nitrogen and oxygen atoms in total. The second kappa shape index (κ2) is 8.60. The largest absolute Gasteiger partial charge is 0.453 e. The molecule has 1 aromatic rings. The van der Waals surface area contributed by atoms with Crippen molar-refractivity contribution in [3.8, 4) is 6.07 Å². The average Bonchev–Trinajstić information content (AvgIpc) is 2.62. The van der Waals surface area contributed by atoms with E-state index in [-0.39, 0.29) is 5.57 Å². The molecule has 0 aromatic heterocycles. The highest BCUT2D eigenvalue weighted by Crippen LogP contribution is 2.25. The summed E-state index contributed by atoms with van der Waals surface area (Å²) in [6.07, 6.45) is 1.08. The molecule has 132 valence electrons. The maximum absolute atomic E-state index is 12.3. The highest BCUT2D eigenvalue weighted by molar-refractivity contribution is 6.35. The van der Waals surface area contributed by atoms with Crippen LogP contribution >= 0.6 is 23.2 Å². The molecule has 0 radical (unpaired) electrons. The number of amides is 2. The number of carbonyl (C=O) groups is 2. The number of nitrogens with zero attached hydrogens (tertiary/aromatic N) is 3. The molecule has 2 rings (SSSR count). The fourth-order valence-electron chi connectivity index (χ4n) is 2.27. The van der Waals surface area contributed by atoms with Crippen LogP contribution in [0, 0.1) is 11.3 Å². The Bertz CT molecular complexity index is 737. The minimum absolute atomic E-state index is 0.0671. The van der Waals surface area contributed by atoms with E-state index in [1.54, 1.807) is 21.9 Å². The molecule has 9 heteroatoms. The van der Waals surface area contributed by atoms with Crippen molar-refractivity contribution in [3.63, 3.8) is 0 Å². The van der Waals surface area contributed by atoms with Gasteiger partial charge in [0.2, 0.25) is 0 Å². The zero-order chi connectivity index (χ0) is 18.4. The third kappa shape index (κ3) is 5.02. The van der Waals surface area contributed by atoms with Gasteiger partial charge in [0.15, 0.2) is 0 Å². The number of rotatable bonds is 3. The first-order valence-electron chi connectivity index (χ1n) is 7.40. The molecule has 1 saturated heterocycles. The minimum atomic E-state index is -0.581. The summed E-state index contributed by atoms with van der Waals surface area (Å²) in [7, 11) is 1.33. The smallest absolute Gasteiger partial charge is 0.409 e. The number of carbonyl (C=O) groups excluding carboxylic acids is 2. The molecule has 0 saturated carbocycles. The van der Waals surface area contributed by atoms with Gasteiger partial charge in [0.1, 0.15) is 11.6 Å². The third-order valence-electron chi connectivity index (χ3n) is 3.60. The summed E-state index contributed by atoms with van der Waals surface area (Å²) in [5.74, 6) is -0.581. The molecular weight excluding hydrogens is 367 g/mol. The Morgan fingerprint density at radius 1 is 1.28 bits per heavy atom. The van der Waals surface area contributed by atoms with Crippen LogP contribution in [0.3, 0.4) is 0 Å². The molecular formula is C16H16Cl2N4O3. The zero-order valence-corrected chi connectivity index (χ0v) is 15.0. The van der Waals surface area contributed by atoms with Gasteiger partial charge in [-0.2, -0.15) is 5.26 Å². The molecule has 25 heavy (non-hydrogen) atoms. The molecule has 2 amide bonds. The van der Waals surface area contributed by atoms with Crippen molar-refractivity contribution >= 4 is 40.9 Å². The van der Waals surface area contributed by atoms with E-state index in [4.69, 9.17) is 23.2 Å². The first-order chi connectivity index (χ1) is 11.9. The number of nitriles is 1. The van der Waals surface area contributed by atoms with Gasteiger partial charge in [0, 0.05) is 37.4 Å². The van der Waals surface area contributed by atoms with Crippen molar-refractivity contribution in [3.05, 3.63) is 40.0 Å². The van der Waals surface area contributed by atoms with Crippen molar-refractivity contribution in [2.45, 2.75) is 0 Å². The summed E-state index contributed by atoms with van der Waals surface area (Å²) in [6, 6.07) is 6.54. The summed E-state index contributed by atoms with van der Waals surface area (Å²) in [4.78, 5) is 27.1. The Hall–Kier alpha value is -2.43. The van der Waals surface area contributed by atoms with Gasteiger partial charge in [-0.1, -0.05) is 23.2 Å². The van der Waals surface area contributed by atoms with Gasteiger partial charge in [-0.15, -0.1) is 0 Å². The van der Waals surface area contributed by atoms with Gasteiger partial charge in [-0.25, -0.2) is 4.79 Å². The maximum Gasteiger partial charge on any atom is 0.409 e. The van der Waals surface area contributed by atoms with Gasteiger partial charge in [-0.05, 0) is 18.2 Å². The number of anilines is 1. The minimum Gasteiger partial charge on any atom is -0.453 e. The Labute approximate surface area is 155 Å². The number of nitrogens with one attached hydrogen (secondary N) is 1. The van der Waals surface area contributed by atoms with Crippen molar-refractivity contribution in [1.82, 2.24) is 9.80 Å². The summed E-state index contributed by atoms with van der Waals surface area (Å²) in [6.45, 7) is 1.88. The molecule has 0 aliphatic carbocycles. The third-order valence-corrected chi connectivity index (χ3v) is 4.17. The summed E-state index contributed by atoms with van der Waals surface area (Å²) < 4.78 is 4.67. The number of hydrogen-bond donors (Lipinski definition) is 1. The van der Waals surface area contributed by atoms with Crippen LogP contribution in [0.4, 0.5) is 10.5 Å². The number of benzene rings is 1. The van der Waals surface area contributed by atoms with Crippen molar-refractivity contribution in [2.75, 3.05) is 38.6 Å². The van der Waals surface area contributed by atoms with Crippen LogP contribution in [0.5, 0.6) is 0 Å². The molecule has 1 aliphatic heterocycles. The molecule has 1 aliphatic rings. The molecule has 1 aromatic carbocycles. The average molecular weight is 383 g/mol. The zero-order valence-electron chi connectivity index (χ0n) is 13.5. The molecule has 0 spiro atoms. The Kier molecular flexibility index (Phi) is 6.51. The number of methoxy groups -OCH3 is 1. The van der Waals surface area contributed by atoms with E-state index in [1.165, 1.54) is 19.4 Å². The van der Waals surface area contributed by atoms with Gasteiger partial charge in [0.05, 0.1) is 17.8 Å². The first-order valence-corrected chi connectivity index (χ1v) is 8.15. The van der Waals surface area contributed by atoms with Gasteiger partial charge in [0.25, 0.3) is 5.91 Å². The first kappa shape index (κ1) is 18.9. The highest BCUT2D eigenvalue weighted by Gasteiger charge is 2.21. The van der Waals surface area contributed by atoms with E-state index in [9.17, 15) is 14.9 Å². The number of halogens is 2. The fraction of sp³-hybridized carbons (Fsp3) is 0.312. The van der Waals surface area contributed by atoms with Crippen LogP contribution in [-0.4, -0.2) is 55.1 Å². The molecule has 1 N–H and O–H groups in total. The van der Waals surface area contributed by atoms with E-state index in [0.717, 1.165) is 0 Å². The lowest BCUT2D eigenvalue weighted by Crippen LogP contribution is -2.47. The normalized spacial score (nSPS) is 14.7. The van der Waals surface area contributed by atoms with E-state index in [1.807, 2.05) is 6.07 Å². The predicted octanol–water partition coefficient (Wildman–Crippen LogP) is 2.72. The second-order valence-corrected chi connectivity index (χ2v) is 6.07. The van der Waals surface area contributed by atoms with Crippen LogP contribution in [0.2, 0.25) is 10.0 Å². The number of piperazine rings is 1.